The van der Waals surface area contributed by atoms with Gasteiger partial charge in [-0.25, -0.2) is 0 Å². The molecule has 0 aliphatic carbocycles. The van der Waals surface area contributed by atoms with Crippen molar-refractivity contribution in [3.05, 3.63) is 33.3 Å². The predicted molar refractivity (Wildman–Crippen MR) is 70.7 cm³/mol. The zero-order valence-electron chi connectivity index (χ0n) is 9.76. The van der Waals surface area contributed by atoms with Crippen molar-refractivity contribution in [3.8, 4) is 0 Å². The molecule has 16 heavy (non-hydrogen) atoms. The molecule has 0 amide bonds. The minimum atomic E-state index is 0.618. The lowest BCUT2D eigenvalue weighted by Gasteiger charge is -2.30. The van der Waals surface area contributed by atoms with Gasteiger partial charge in [-0.1, -0.05) is 23.2 Å². The van der Waals surface area contributed by atoms with E-state index < -0.39 is 0 Å². The highest BCUT2D eigenvalue weighted by molar-refractivity contribution is 6.35. The summed E-state index contributed by atoms with van der Waals surface area (Å²) >= 11 is 12.2. The highest BCUT2D eigenvalue weighted by Crippen LogP contribution is 2.34. The number of piperidine rings is 1. The molecule has 1 heterocycles. The number of nitrogens with zero attached hydrogens (tertiary/aromatic N) is 1. The van der Waals surface area contributed by atoms with E-state index in [4.69, 9.17) is 23.2 Å². The van der Waals surface area contributed by atoms with Gasteiger partial charge in [-0.3, -0.25) is 0 Å². The highest BCUT2D eigenvalue weighted by Gasteiger charge is 2.21. The molecule has 88 valence electrons. The Morgan fingerprint density at radius 2 is 1.81 bits per heavy atom. The van der Waals surface area contributed by atoms with Gasteiger partial charge in [0.25, 0.3) is 0 Å². The lowest BCUT2D eigenvalue weighted by molar-refractivity contribution is 0.255. The summed E-state index contributed by atoms with van der Waals surface area (Å²) in [5.41, 5.74) is 2.53. The van der Waals surface area contributed by atoms with Crippen molar-refractivity contribution in [3.63, 3.8) is 0 Å². The minimum absolute atomic E-state index is 0.618. The SMILES string of the molecule is Cc1c(Cl)cc(Cl)cc1C1CCN(C)CC1. The fourth-order valence-corrected chi connectivity index (χ4v) is 2.92. The fourth-order valence-electron chi connectivity index (χ4n) is 2.41. The summed E-state index contributed by atoms with van der Waals surface area (Å²) < 4.78 is 0. The fraction of sp³-hybridized carbons (Fsp3) is 0.538. The molecular formula is C13H17Cl2N. The third-order valence-corrected chi connectivity index (χ3v) is 4.12. The summed E-state index contributed by atoms with van der Waals surface area (Å²) in [6.07, 6.45) is 2.40. The number of benzene rings is 1. The summed E-state index contributed by atoms with van der Waals surface area (Å²) in [6.45, 7) is 4.41. The van der Waals surface area contributed by atoms with Crippen LogP contribution in [0.2, 0.25) is 10.0 Å². The maximum absolute atomic E-state index is 6.17. The van der Waals surface area contributed by atoms with Crippen LogP contribution in [-0.2, 0) is 0 Å². The number of hydrogen-bond acceptors (Lipinski definition) is 1. The average Bonchev–Trinajstić information content (AvgIpc) is 2.25. The van der Waals surface area contributed by atoms with Crippen LogP contribution in [0.1, 0.15) is 29.9 Å². The molecule has 1 fully saturated rings. The number of halogens is 2. The van der Waals surface area contributed by atoms with Crippen molar-refractivity contribution in [1.82, 2.24) is 4.90 Å². The molecule has 0 saturated carbocycles. The van der Waals surface area contributed by atoms with Gasteiger partial charge >= 0.3 is 0 Å². The molecule has 1 aromatic rings. The largest absolute Gasteiger partial charge is 0.306 e. The molecule has 1 nitrogen and oxygen atoms in total. The van der Waals surface area contributed by atoms with Gasteiger partial charge in [-0.2, -0.15) is 0 Å². The van der Waals surface area contributed by atoms with Crippen LogP contribution in [-0.4, -0.2) is 25.0 Å². The lowest BCUT2D eigenvalue weighted by Crippen LogP contribution is -2.29. The van der Waals surface area contributed by atoms with Crippen LogP contribution in [0.3, 0.4) is 0 Å². The smallest absolute Gasteiger partial charge is 0.0452 e. The van der Waals surface area contributed by atoms with E-state index in [9.17, 15) is 0 Å². The lowest BCUT2D eigenvalue weighted by atomic mass is 9.87. The molecule has 1 aromatic carbocycles. The van der Waals surface area contributed by atoms with E-state index in [2.05, 4.69) is 24.9 Å². The first-order chi connectivity index (χ1) is 7.58. The third-order valence-electron chi connectivity index (χ3n) is 3.51. The Balaban J connectivity index is 2.26. The van der Waals surface area contributed by atoms with E-state index in [1.807, 2.05) is 6.07 Å². The number of hydrogen-bond donors (Lipinski definition) is 0. The first-order valence-electron chi connectivity index (χ1n) is 5.72. The summed E-state index contributed by atoms with van der Waals surface area (Å²) in [4.78, 5) is 2.37. The van der Waals surface area contributed by atoms with Crippen LogP contribution in [0.4, 0.5) is 0 Å². The van der Waals surface area contributed by atoms with E-state index in [1.165, 1.54) is 24.0 Å². The quantitative estimate of drug-likeness (QED) is 0.732. The number of likely N-dealkylation sites (tertiary alicyclic amines) is 1. The van der Waals surface area contributed by atoms with Crippen LogP contribution < -0.4 is 0 Å². The second-order valence-corrected chi connectivity index (χ2v) is 5.52. The van der Waals surface area contributed by atoms with Crippen molar-refractivity contribution in [2.75, 3.05) is 20.1 Å². The van der Waals surface area contributed by atoms with Gasteiger partial charge in [-0.15, -0.1) is 0 Å². The zero-order chi connectivity index (χ0) is 11.7. The Labute approximate surface area is 107 Å². The van der Waals surface area contributed by atoms with Crippen molar-refractivity contribution in [2.45, 2.75) is 25.7 Å². The van der Waals surface area contributed by atoms with Crippen LogP contribution in [0.25, 0.3) is 0 Å². The van der Waals surface area contributed by atoms with E-state index in [-0.39, 0.29) is 0 Å². The zero-order valence-corrected chi connectivity index (χ0v) is 11.3. The molecule has 0 aromatic heterocycles. The van der Waals surface area contributed by atoms with E-state index in [0.717, 1.165) is 23.1 Å². The summed E-state index contributed by atoms with van der Waals surface area (Å²) in [7, 11) is 2.17. The van der Waals surface area contributed by atoms with Gasteiger partial charge in [0.05, 0.1) is 0 Å². The monoisotopic (exact) mass is 257 g/mol. The molecule has 0 radical (unpaired) electrons. The molecule has 0 bridgehead atoms. The highest BCUT2D eigenvalue weighted by atomic mass is 35.5. The molecular weight excluding hydrogens is 241 g/mol. The van der Waals surface area contributed by atoms with E-state index in [0.29, 0.717) is 5.92 Å². The van der Waals surface area contributed by atoms with Crippen molar-refractivity contribution >= 4 is 23.2 Å². The van der Waals surface area contributed by atoms with Gasteiger partial charge in [0.15, 0.2) is 0 Å². The molecule has 0 unspecified atom stereocenters. The van der Waals surface area contributed by atoms with Gasteiger partial charge in [0, 0.05) is 10.0 Å². The normalized spacial score (nSPS) is 19.0. The second kappa shape index (κ2) is 4.95. The minimum Gasteiger partial charge on any atom is -0.306 e. The average molecular weight is 258 g/mol. The molecule has 0 spiro atoms. The molecule has 1 saturated heterocycles. The molecule has 1 aliphatic heterocycles. The Morgan fingerprint density at radius 1 is 1.19 bits per heavy atom. The predicted octanol–water partition coefficient (Wildman–Crippen LogP) is 4.11. The summed E-state index contributed by atoms with van der Waals surface area (Å²) in [5.74, 6) is 0.618. The van der Waals surface area contributed by atoms with Crippen molar-refractivity contribution < 1.29 is 0 Å². The van der Waals surface area contributed by atoms with Gasteiger partial charge in [-0.05, 0) is 69.1 Å². The van der Waals surface area contributed by atoms with Gasteiger partial charge < -0.3 is 4.90 Å². The molecule has 0 N–H and O–H groups in total. The first kappa shape index (κ1) is 12.2. The first-order valence-corrected chi connectivity index (χ1v) is 6.47. The number of rotatable bonds is 1. The van der Waals surface area contributed by atoms with Crippen LogP contribution in [0.5, 0.6) is 0 Å². The van der Waals surface area contributed by atoms with Gasteiger partial charge in [0.2, 0.25) is 0 Å². The second-order valence-electron chi connectivity index (χ2n) is 4.68. The van der Waals surface area contributed by atoms with Crippen LogP contribution in [0.15, 0.2) is 12.1 Å². The van der Waals surface area contributed by atoms with Crippen molar-refractivity contribution in [1.29, 1.82) is 0 Å². The van der Waals surface area contributed by atoms with E-state index >= 15 is 0 Å². The topological polar surface area (TPSA) is 3.24 Å². The standard InChI is InChI=1S/C13H17Cl2N/c1-9-12(7-11(14)8-13(9)15)10-3-5-16(2)6-4-10/h7-8,10H,3-6H2,1-2H3. The maximum atomic E-state index is 6.17. The summed E-state index contributed by atoms with van der Waals surface area (Å²) in [6, 6.07) is 3.91. The van der Waals surface area contributed by atoms with Crippen LogP contribution in [0, 0.1) is 6.92 Å². The Bertz CT molecular complexity index is 382. The molecule has 1 aliphatic rings. The Kier molecular flexibility index (Phi) is 3.78. The maximum Gasteiger partial charge on any atom is 0.0452 e. The third kappa shape index (κ3) is 2.53. The van der Waals surface area contributed by atoms with E-state index in [1.54, 1.807) is 0 Å². The molecule has 0 atom stereocenters. The molecule has 2 rings (SSSR count). The van der Waals surface area contributed by atoms with Crippen molar-refractivity contribution in [2.24, 2.45) is 0 Å². The molecule has 3 heteroatoms. The Morgan fingerprint density at radius 3 is 2.44 bits per heavy atom. The Hall–Kier alpha value is -0.240. The van der Waals surface area contributed by atoms with Crippen LogP contribution >= 0.6 is 23.2 Å². The van der Waals surface area contributed by atoms with Gasteiger partial charge in [0.1, 0.15) is 0 Å². The summed E-state index contributed by atoms with van der Waals surface area (Å²) in [5, 5.41) is 1.55.